The van der Waals surface area contributed by atoms with Crippen LogP contribution in [0.1, 0.15) is 32.8 Å². The second kappa shape index (κ2) is 4.73. The lowest BCUT2D eigenvalue weighted by molar-refractivity contribution is -0.169. The molecule has 1 heterocycles. The van der Waals surface area contributed by atoms with Crippen LogP contribution in [0.4, 0.5) is 0 Å². The lowest BCUT2D eigenvalue weighted by Gasteiger charge is -2.32. The number of carbonyl (C=O) groups excluding carboxylic acids is 1. The summed E-state index contributed by atoms with van der Waals surface area (Å²) >= 11 is 0. The molecular weight excluding hydrogens is 226 g/mol. The molecule has 3 nitrogen and oxygen atoms in total. The van der Waals surface area contributed by atoms with Gasteiger partial charge in [0.2, 0.25) is 0 Å². The third-order valence-corrected chi connectivity index (χ3v) is 3.32. The molecule has 1 atom stereocenters. The van der Waals surface area contributed by atoms with Crippen LogP contribution in [0.25, 0.3) is 0 Å². The van der Waals surface area contributed by atoms with Gasteiger partial charge in [0, 0.05) is 13.0 Å². The molecule has 0 aromatic heterocycles. The Hall–Kier alpha value is -1.35. The summed E-state index contributed by atoms with van der Waals surface area (Å²) in [7, 11) is 0. The van der Waals surface area contributed by atoms with Gasteiger partial charge >= 0.3 is 5.97 Å². The maximum Gasteiger partial charge on any atom is 0.312 e. The maximum absolute atomic E-state index is 12.1. The highest BCUT2D eigenvalue weighted by atomic mass is 16.6. The molecule has 3 heteroatoms. The highest BCUT2D eigenvalue weighted by Gasteiger charge is 2.41. The number of hydrogen-bond donors (Lipinski definition) is 1. The van der Waals surface area contributed by atoms with Gasteiger partial charge in [-0.05, 0) is 32.9 Å². The second-order valence-electron chi connectivity index (χ2n) is 5.93. The summed E-state index contributed by atoms with van der Waals surface area (Å²) in [5, 5.41) is 3.29. The number of hydrogen-bond acceptors (Lipinski definition) is 3. The van der Waals surface area contributed by atoms with Crippen LogP contribution in [-0.2, 0) is 15.1 Å². The van der Waals surface area contributed by atoms with Crippen molar-refractivity contribution in [2.24, 2.45) is 5.41 Å². The molecule has 1 aromatic carbocycles. The van der Waals surface area contributed by atoms with Gasteiger partial charge in [-0.3, -0.25) is 4.79 Å². The van der Waals surface area contributed by atoms with E-state index in [4.69, 9.17) is 4.74 Å². The van der Waals surface area contributed by atoms with E-state index in [1.807, 2.05) is 51.1 Å². The van der Waals surface area contributed by atoms with Crippen molar-refractivity contribution in [2.75, 3.05) is 13.1 Å². The van der Waals surface area contributed by atoms with Crippen molar-refractivity contribution in [1.82, 2.24) is 5.32 Å². The smallest absolute Gasteiger partial charge is 0.312 e. The van der Waals surface area contributed by atoms with E-state index in [9.17, 15) is 4.79 Å². The summed E-state index contributed by atoms with van der Waals surface area (Å²) in [5.74, 6) is -0.143. The number of nitrogens with one attached hydrogen (secondary N) is 1. The summed E-state index contributed by atoms with van der Waals surface area (Å²) in [5.41, 5.74) is 0.114. The fraction of sp³-hybridized carbons (Fsp3) is 0.533. The van der Waals surface area contributed by atoms with Crippen LogP contribution in [0.2, 0.25) is 0 Å². The van der Waals surface area contributed by atoms with Gasteiger partial charge in [-0.2, -0.15) is 0 Å². The normalized spacial score (nSPS) is 23.9. The van der Waals surface area contributed by atoms with E-state index in [-0.39, 0.29) is 5.97 Å². The number of benzene rings is 1. The van der Waals surface area contributed by atoms with E-state index < -0.39 is 11.0 Å². The summed E-state index contributed by atoms with van der Waals surface area (Å²) in [6.45, 7) is 7.23. The van der Waals surface area contributed by atoms with Crippen molar-refractivity contribution in [3.8, 4) is 0 Å². The number of esters is 1. The van der Waals surface area contributed by atoms with E-state index >= 15 is 0 Å². The Bertz CT molecular complexity index is 414. The zero-order valence-electron chi connectivity index (χ0n) is 11.3. The van der Waals surface area contributed by atoms with Gasteiger partial charge in [0.15, 0.2) is 5.60 Å². The SMILES string of the molecule is CC(C)(C)C(=O)OC1(c2ccccc2)CCNC1. The standard InChI is InChI=1S/C15H21NO2/c1-14(2,3)13(17)18-15(9-10-16-11-15)12-7-5-4-6-8-12/h4-8,16H,9-11H2,1-3H3. The Kier molecular flexibility index (Phi) is 3.44. The number of ether oxygens (including phenoxy) is 1. The minimum Gasteiger partial charge on any atom is -0.452 e. The molecule has 1 N–H and O–H groups in total. The summed E-state index contributed by atoms with van der Waals surface area (Å²) < 4.78 is 5.85. The van der Waals surface area contributed by atoms with Crippen molar-refractivity contribution >= 4 is 5.97 Å². The van der Waals surface area contributed by atoms with Crippen molar-refractivity contribution in [3.05, 3.63) is 35.9 Å². The van der Waals surface area contributed by atoms with Crippen molar-refractivity contribution in [2.45, 2.75) is 32.8 Å². The molecule has 0 saturated carbocycles. The van der Waals surface area contributed by atoms with Crippen LogP contribution < -0.4 is 5.32 Å². The minimum atomic E-state index is -0.494. The van der Waals surface area contributed by atoms with E-state index in [0.29, 0.717) is 6.54 Å². The molecule has 2 rings (SSSR count). The molecule has 0 amide bonds. The largest absolute Gasteiger partial charge is 0.452 e. The lowest BCUT2D eigenvalue weighted by atomic mass is 9.91. The highest BCUT2D eigenvalue weighted by Crippen LogP contribution is 2.34. The lowest BCUT2D eigenvalue weighted by Crippen LogP contribution is -2.38. The number of carbonyl (C=O) groups is 1. The number of rotatable bonds is 2. The zero-order valence-corrected chi connectivity index (χ0v) is 11.3. The Morgan fingerprint density at radius 1 is 1.28 bits per heavy atom. The Labute approximate surface area is 109 Å². The van der Waals surface area contributed by atoms with Crippen molar-refractivity contribution in [1.29, 1.82) is 0 Å². The highest BCUT2D eigenvalue weighted by molar-refractivity contribution is 5.76. The Morgan fingerprint density at radius 3 is 2.44 bits per heavy atom. The third kappa shape index (κ3) is 2.56. The van der Waals surface area contributed by atoms with Crippen molar-refractivity contribution in [3.63, 3.8) is 0 Å². The molecule has 0 bridgehead atoms. The van der Waals surface area contributed by atoms with Gasteiger partial charge in [-0.15, -0.1) is 0 Å². The molecule has 18 heavy (non-hydrogen) atoms. The predicted octanol–water partition coefficient (Wildman–Crippen LogP) is 2.46. The first-order valence-corrected chi connectivity index (χ1v) is 6.44. The average molecular weight is 247 g/mol. The summed E-state index contributed by atoms with van der Waals surface area (Å²) in [6, 6.07) is 10.0. The van der Waals surface area contributed by atoms with Gasteiger partial charge in [-0.1, -0.05) is 30.3 Å². The first-order valence-electron chi connectivity index (χ1n) is 6.44. The fourth-order valence-electron chi connectivity index (χ4n) is 2.13. The minimum absolute atomic E-state index is 0.143. The second-order valence-corrected chi connectivity index (χ2v) is 5.93. The topological polar surface area (TPSA) is 38.3 Å². The summed E-state index contributed by atoms with van der Waals surface area (Å²) in [6.07, 6.45) is 0.832. The van der Waals surface area contributed by atoms with Gasteiger partial charge in [0.25, 0.3) is 0 Å². The molecule has 98 valence electrons. The molecule has 1 aliphatic rings. The van der Waals surface area contributed by atoms with E-state index in [1.54, 1.807) is 0 Å². The van der Waals surface area contributed by atoms with Crippen LogP contribution in [0.5, 0.6) is 0 Å². The quantitative estimate of drug-likeness (QED) is 0.816. The van der Waals surface area contributed by atoms with Gasteiger partial charge in [-0.25, -0.2) is 0 Å². The predicted molar refractivity (Wildman–Crippen MR) is 71.2 cm³/mol. The van der Waals surface area contributed by atoms with Gasteiger partial charge in [0.1, 0.15) is 0 Å². The maximum atomic E-state index is 12.1. The van der Waals surface area contributed by atoms with Crippen LogP contribution >= 0.6 is 0 Å². The third-order valence-electron chi connectivity index (χ3n) is 3.32. The van der Waals surface area contributed by atoms with E-state index in [0.717, 1.165) is 18.5 Å². The first kappa shape index (κ1) is 13.1. The molecule has 0 spiro atoms. The molecule has 1 unspecified atom stereocenters. The van der Waals surface area contributed by atoms with Gasteiger partial charge < -0.3 is 10.1 Å². The molecule has 1 fully saturated rings. The fourth-order valence-corrected chi connectivity index (χ4v) is 2.13. The Morgan fingerprint density at radius 2 is 1.94 bits per heavy atom. The van der Waals surface area contributed by atoms with Gasteiger partial charge in [0.05, 0.1) is 5.41 Å². The first-order chi connectivity index (χ1) is 8.44. The average Bonchev–Trinajstić information content (AvgIpc) is 2.79. The van der Waals surface area contributed by atoms with Crippen LogP contribution in [0.15, 0.2) is 30.3 Å². The van der Waals surface area contributed by atoms with Crippen LogP contribution in [0.3, 0.4) is 0 Å². The molecular formula is C15H21NO2. The molecule has 1 aliphatic heterocycles. The Balaban J connectivity index is 2.26. The van der Waals surface area contributed by atoms with Crippen LogP contribution in [0, 0.1) is 5.41 Å². The molecule has 1 saturated heterocycles. The van der Waals surface area contributed by atoms with Crippen LogP contribution in [-0.4, -0.2) is 19.1 Å². The van der Waals surface area contributed by atoms with Crippen molar-refractivity contribution < 1.29 is 9.53 Å². The zero-order chi connectivity index (χ0) is 13.2. The molecule has 0 aliphatic carbocycles. The molecule has 1 aromatic rings. The van der Waals surface area contributed by atoms with E-state index in [1.165, 1.54) is 0 Å². The van der Waals surface area contributed by atoms with E-state index in [2.05, 4.69) is 5.32 Å². The summed E-state index contributed by atoms with van der Waals surface area (Å²) in [4.78, 5) is 12.1. The monoisotopic (exact) mass is 247 g/mol. The molecule has 0 radical (unpaired) electrons.